The highest BCUT2D eigenvalue weighted by Crippen LogP contribution is 2.25. The van der Waals surface area contributed by atoms with Crippen LogP contribution in [0.3, 0.4) is 0 Å². The maximum absolute atomic E-state index is 13.4. The summed E-state index contributed by atoms with van der Waals surface area (Å²) in [6.45, 7) is 1.32. The lowest BCUT2D eigenvalue weighted by Gasteiger charge is -2.11. The molecule has 0 radical (unpaired) electrons. The molecule has 1 aromatic carbocycles. The fourth-order valence-corrected chi connectivity index (χ4v) is 2.46. The van der Waals surface area contributed by atoms with E-state index < -0.39 is 16.0 Å². The molecule has 0 aliphatic heterocycles. The van der Waals surface area contributed by atoms with Gasteiger partial charge < -0.3 is 5.73 Å². The van der Waals surface area contributed by atoms with Gasteiger partial charge in [-0.1, -0.05) is 25.1 Å². The van der Waals surface area contributed by atoms with Gasteiger partial charge in [0, 0.05) is 12.1 Å². The van der Waals surface area contributed by atoms with Gasteiger partial charge in [-0.05, 0) is 6.07 Å². The van der Waals surface area contributed by atoms with E-state index in [0.29, 0.717) is 0 Å². The third-order valence-electron chi connectivity index (χ3n) is 2.18. The first-order valence-electron chi connectivity index (χ1n) is 4.68. The molecule has 0 amide bonds. The van der Waals surface area contributed by atoms with E-state index in [1.807, 2.05) is 0 Å². The average Bonchev–Trinajstić information content (AvgIpc) is 2.28. The van der Waals surface area contributed by atoms with Crippen molar-refractivity contribution in [3.05, 3.63) is 29.8 Å². The normalized spacial score (nSPS) is 13.8. The van der Waals surface area contributed by atoms with Gasteiger partial charge >= 0.3 is 0 Å². The van der Waals surface area contributed by atoms with Crippen molar-refractivity contribution in [2.75, 3.05) is 12.3 Å². The second-order valence-electron chi connectivity index (χ2n) is 3.14. The molecule has 15 heavy (non-hydrogen) atoms. The van der Waals surface area contributed by atoms with E-state index >= 15 is 0 Å². The van der Waals surface area contributed by atoms with Gasteiger partial charge in [0.25, 0.3) is 0 Å². The third kappa shape index (κ3) is 2.54. The highest BCUT2D eigenvalue weighted by molar-refractivity contribution is 7.91. The van der Waals surface area contributed by atoms with Crippen LogP contribution in [0.4, 0.5) is 4.39 Å². The Bertz CT molecular complexity index is 431. The highest BCUT2D eigenvalue weighted by atomic mass is 32.2. The second kappa shape index (κ2) is 4.72. The fourth-order valence-electron chi connectivity index (χ4n) is 1.31. The van der Waals surface area contributed by atoms with Crippen molar-refractivity contribution in [1.82, 2.24) is 0 Å². The number of rotatable bonds is 4. The van der Waals surface area contributed by atoms with Crippen LogP contribution in [0.5, 0.6) is 0 Å². The van der Waals surface area contributed by atoms with Gasteiger partial charge in [-0.2, -0.15) is 0 Å². The van der Waals surface area contributed by atoms with E-state index in [2.05, 4.69) is 0 Å². The minimum atomic E-state index is -3.38. The van der Waals surface area contributed by atoms with Gasteiger partial charge in [-0.3, -0.25) is 0 Å². The van der Waals surface area contributed by atoms with Crippen LogP contribution in [0.15, 0.2) is 29.2 Å². The largest absolute Gasteiger partial charge is 0.327 e. The van der Waals surface area contributed by atoms with Crippen LogP contribution >= 0.6 is 0 Å². The number of nitrogens with two attached hydrogens (primary N) is 1. The molecule has 0 saturated heterocycles. The summed E-state index contributed by atoms with van der Waals surface area (Å²) in [5.41, 5.74) is 5.34. The van der Waals surface area contributed by atoms with E-state index in [-0.39, 0.29) is 22.8 Å². The van der Waals surface area contributed by atoms with Crippen molar-refractivity contribution in [1.29, 1.82) is 0 Å². The Morgan fingerprint density at radius 1 is 1.40 bits per heavy atom. The lowest BCUT2D eigenvalue weighted by molar-refractivity contribution is 0.347. The molecule has 0 heterocycles. The van der Waals surface area contributed by atoms with Gasteiger partial charge in [0.2, 0.25) is 0 Å². The summed E-state index contributed by atoms with van der Waals surface area (Å²) in [7, 11) is -3.38. The maximum Gasteiger partial charge on any atom is 0.178 e. The smallest absolute Gasteiger partial charge is 0.178 e. The average molecular weight is 231 g/mol. The van der Waals surface area contributed by atoms with Gasteiger partial charge in [0.15, 0.2) is 9.84 Å². The molecular formula is C10H14FNO2S. The highest BCUT2D eigenvalue weighted by Gasteiger charge is 2.20. The Hall–Kier alpha value is -0.940. The number of halogens is 1. The SMILES string of the molecule is CCS(=O)(=O)c1ccccc1C(F)CN. The predicted molar refractivity (Wildman–Crippen MR) is 57.1 cm³/mol. The van der Waals surface area contributed by atoms with E-state index in [1.165, 1.54) is 19.1 Å². The molecular weight excluding hydrogens is 217 g/mol. The maximum atomic E-state index is 13.4. The zero-order valence-corrected chi connectivity index (χ0v) is 9.30. The molecule has 5 heteroatoms. The molecule has 0 spiro atoms. The Labute approximate surface area is 89.0 Å². The van der Waals surface area contributed by atoms with Crippen molar-refractivity contribution in [3.63, 3.8) is 0 Å². The summed E-state index contributed by atoms with van der Waals surface area (Å²) in [6.07, 6.45) is -1.43. The van der Waals surface area contributed by atoms with E-state index in [0.717, 1.165) is 0 Å². The summed E-state index contributed by atoms with van der Waals surface area (Å²) < 4.78 is 36.7. The van der Waals surface area contributed by atoms with Crippen LogP contribution in [0.25, 0.3) is 0 Å². The minimum absolute atomic E-state index is 0.0404. The van der Waals surface area contributed by atoms with Crippen LogP contribution in [-0.2, 0) is 9.84 Å². The molecule has 0 bridgehead atoms. The van der Waals surface area contributed by atoms with Gasteiger partial charge in [0.1, 0.15) is 6.17 Å². The fraction of sp³-hybridized carbons (Fsp3) is 0.400. The second-order valence-corrected chi connectivity index (χ2v) is 5.39. The molecule has 1 rings (SSSR count). The summed E-state index contributed by atoms with van der Waals surface area (Å²) in [5, 5.41) is 0. The quantitative estimate of drug-likeness (QED) is 0.853. The van der Waals surface area contributed by atoms with Crippen LogP contribution in [0, 0.1) is 0 Å². The molecule has 1 atom stereocenters. The van der Waals surface area contributed by atoms with Crippen molar-refractivity contribution in [3.8, 4) is 0 Å². The first-order valence-corrected chi connectivity index (χ1v) is 6.34. The Morgan fingerprint density at radius 3 is 2.53 bits per heavy atom. The number of hydrogen-bond donors (Lipinski definition) is 1. The van der Waals surface area contributed by atoms with E-state index in [9.17, 15) is 12.8 Å². The minimum Gasteiger partial charge on any atom is -0.327 e. The molecule has 1 aromatic rings. The summed E-state index contributed by atoms with van der Waals surface area (Å²) in [5.74, 6) is -0.0404. The first kappa shape index (κ1) is 12.1. The van der Waals surface area contributed by atoms with Crippen LogP contribution in [0.2, 0.25) is 0 Å². The first-order chi connectivity index (χ1) is 7.03. The monoisotopic (exact) mass is 231 g/mol. The topological polar surface area (TPSA) is 60.2 Å². The Kier molecular flexibility index (Phi) is 3.82. The van der Waals surface area contributed by atoms with Crippen molar-refractivity contribution in [2.45, 2.75) is 18.0 Å². The molecule has 3 nitrogen and oxygen atoms in total. The number of benzene rings is 1. The lowest BCUT2D eigenvalue weighted by Crippen LogP contribution is -2.13. The Balaban J connectivity index is 3.30. The zero-order valence-electron chi connectivity index (χ0n) is 8.48. The molecule has 84 valence electrons. The molecule has 1 unspecified atom stereocenters. The van der Waals surface area contributed by atoms with Crippen LogP contribution in [0.1, 0.15) is 18.7 Å². The van der Waals surface area contributed by atoms with Crippen molar-refractivity contribution >= 4 is 9.84 Å². The summed E-state index contributed by atoms with van der Waals surface area (Å²) in [4.78, 5) is 0.0467. The van der Waals surface area contributed by atoms with Crippen LogP contribution < -0.4 is 5.73 Å². The number of sulfone groups is 1. The van der Waals surface area contributed by atoms with Gasteiger partial charge in [0.05, 0.1) is 10.6 Å². The lowest BCUT2D eigenvalue weighted by atomic mass is 10.1. The summed E-state index contributed by atoms with van der Waals surface area (Å²) in [6, 6.07) is 6.05. The third-order valence-corrected chi connectivity index (χ3v) is 3.98. The zero-order chi connectivity index (χ0) is 11.5. The van der Waals surface area contributed by atoms with Crippen molar-refractivity contribution in [2.24, 2.45) is 5.73 Å². The molecule has 0 saturated carbocycles. The molecule has 0 fully saturated rings. The molecule has 0 aliphatic carbocycles. The summed E-state index contributed by atoms with van der Waals surface area (Å²) >= 11 is 0. The standard InChI is InChI=1S/C10H14FNO2S/c1-2-15(13,14)10-6-4-3-5-8(10)9(11)7-12/h3-6,9H,2,7,12H2,1H3. The van der Waals surface area contributed by atoms with Crippen LogP contribution in [-0.4, -0.2) is 20.7 Å². The molecule has 0 aliphatic rings. The predicted octanol–water partition coefficient (Wildman–Crippen LogP) is 1.45. The van der Waals surface area contributed by atoms with Gasteiger partial charge in [-0.15, -0.1) is 0 Å². The van der Waals surface area contributed by atoms with E-state index in [1.54, 1.807) is 12.1 Å². The number of alkyl halides is 1. The van der Waals surface area contributed by atoms with Gasteiger partial charge in [-0.25, -0.2) is 12.8 Å². The van der Waals surface area contributed by atoms with Crippen molar-refractivity contribution < 1.29 is 12.8 Å². The van der Waals surface area contributed by atoms with E-state index in [4.69, 9.17) is 5.73 Å². The molecule has 0 aromatic heterocycles. The molecule has 2 N–H and O–H groups in total. The Morgan fingerprint density at radius 2 is 2.00 bits per heavy atom. The number of hydrogen-bond acceptors (Lipinski definition) is 3.